The molecule has 0 atom stereocenters. The zero-order chi connectivity index (χ0) is 27.1. The third-order valence-electron chi connectivity index (χ3n) is 5.77. The standard InChI is InChI=1S/C25H49BrO2.3C2H6/c1-5-7-9-11-15-19-23(20-16-12-10-8-6-2)28-24(27)25(3,4)21-17-13-14-18-22-26;3*1-2/h23H,5-22H2,1-4H3;3*1-2H3. The van der Waals surface area contributed by atoms with Crippen molar-refractivity contribution in [3.63, 3.8) is 0 Å². The molecule has 0 aromatic heterocycles. The number of carbonyl (C=O) groups is 1. The molecule has 0 unspecified atom stereocenters. The Hall–Kier alpha value is -0.0500. The van der Waals surface area contributed by atoms with Gasteiger partial charge < -0.3 is 4.74 Å². The lowest BCUT2D eigenvalue weighted by atomic mass is 9.86. The molecule has 0 N–H and O–H groups in total. The molecule has 210 valence electrons. The van der Waals surface area contributed by atoms with Gasteiger partial charge in [0.05, 0.1) is 5.41 Å². The van der Waals surface area contributed by atoms with E-state index >= 15 is 0 Å². The van der Waals surface area contributed by atoms with Gasteiger partial charge in [0, 0.05) is 5.33 Å². The van der Waals surface area contributed by atoms with Crippen LogP contribution in [0.1, 0.15) is 178 Å². The Bertz CT molecular complexity index is 341. The predicted octanol–water partition coefficient (Wildman–Crippen LogP) is 12.1. The van der Waals surface area contributed by atoms with E-state index in [-0.39, 0.29) is 17.5 Å². The van der Waals surface area contributed by atoms with Gasteiger partial charge in [-0.15, -0.1) is 0 Å². The number of hydrogen-bond donors (Lipinski definition) is 0. The third-order valence-corrected chi connectivity index (χ3v) is 6.33. The summed E-state index contributed by atoms with van der Waals surface area (Å²) in [6.45, 7) is 20.6. The minimum atomic E-state index is -0.350. The maximum Gasteiger partial charge on any atom is 0.311 e. The first kappa shape index (κ1) is 41.1. The van der Waals surface area contributed by atoms with E-state index in [1.807, 2.05) is 41.5 Å². The van der Waals surface area contributed by atoms with Gasteiger partial charge in [-0.2, -0.15) is 0 Å². The summed E-state index contributed by atoms with van der Waals surface area (Å²) in [4.78, 5) is 12.8. The molecule has 0 fully saturated rings. The Morgan fingerprint density at radius 1 is 0.647 bits per heavy atom. The van der Waals surface area contributed by atoms with Gasteiger partial charge in [0.25, 0.3) is 0 Å². The van der Waals surface area contributed by atoms with E-state index in [2.05, 4.69) is 43.6 Å². The highest BCUT2D eigenvalue weighted by atomic mass is 79.9. The Kier molecular flexibility index (Phi) is 42.4. The molecular weight excluding hydrogens is 484 g/mol. The molecule has 0 radical (unpaired) electrons. The summed E-state index contributed by atoms with van der Waals surface area (Å²) in [5, 5.41) is 1.08. The Labute approximate surface area is 226 Å². The summed E-state index contributed by atoms with van der Waals surface area (Å²) in [5.41, 5.74) is -0.350. The smallest absolute Gasteiger partial charge is 0.311 e. The summed E-state index contributed by atoms with van der Waals surface area (Å²) >= 11 is 3.49. The second-order valence-electron chi connectivity index (χ2n) is 9.17. The van der Waals surface area contributed by atoms with Crippen molar-refractivity contribution >= 4 is 21.9 Å². The predicted molar refractivity (Wildman–Crippen MR) is 161 cm³/mol. The van der Waals surface area contributed by atoms with Crippen molar-refractivity contribution in [2.45, 2.75) is 184 Å². The Balaban J connectivity index is -0.000000689. The van der Waals surface area contributed by atoms with E-state index in [1.165, 1.54) is 83.5 Å². The number of halogens is 1. The molecule has 0 aliphatic heterocycles. The minimum absolute atomic E-state index is 0.0279. The van der Waals surface area contributed by atoms with Gasteiger partial charge in [-0.05, 0) is 52.4 Å². The second-order valence-corrected chi connectivity index (χ2v) is 9.96. The highest BCUT2D eigenvalue weighted by Crippen LogP contribution is 2.28. The van der Waals surface area contributed by atoms with Crippen molar-refractivity contribution in [1.82, 2.24) is 0 Å². The largest absolute Gasteiger partial charge is 0.462 e. The van der Waals surface area contributed by atoms with E-state index in [1.54, 1.807) is 0 Å². The zero-order valence-electron chi connectivity index (χ0n) is 25.5. The fourth-order valence-electron chi connectivity index (χ4n) is 3.64. The van der Waals surface area contributed by atoms with Crippen molar-refractivity contribution in [3.05, 3.63) is 0 Å². The molecule has 0 saturated heterocycles. The molecule has 0 rings (SSSR count). The van der Waals surface area contributed by atoms with Crippen LogP contribution in [0.25, 0.3) is 0 Å². The Morgan fingerprint density at radius 2 is 1.03 bits per heavy atom. The molecule has 2 nitrogen and oxygen atoms in total. The van der Waals surface area contributed by atoms with Crippen LogP contribution in [0.5, 0.6) is 0 Å². The highest BCUT2D eigenvalue weighted by Gasteiger charge is 2.30. The molecule has 0 heterocycles. The van der Waals surface area contributed by atoms with E-state index < -0.39 is 0 Å². The van der Waals surface area contributed by atoms with E-state index in [4.69, 9.17) is 4.74 Å². The van der Waals surface area contributed by atoms with E-state index in [9.17, 15) is 4.79 Å². The van der Waals surface area contributed by atoms with E-state index in [0.29, 0.717) is 0 Å². The quantitative estimate of drug-likeness (QED) is 0.0854. The summed E-state index contributed by atoms with van der Waals surface area (Å²) in [7, 11) is 0. The number of ether oxygens (including phenoxy) is 1. The van der Waals surface area contributed by atoms with Gasteiger partial charge in [0.2, 0.25) is 0 Å². The number of carbonyl (C=O) groups excluding carboxylic acids is 1. The Morgan fingerprint density at radius 3 is 1.44 bits per heavy atom. The van der Waals surface area contributed by atoms with Crippen LogP contribution >= 0.6 is 15.9 Å². The van der Waals surface area contributed by atoms with Crippen LogP contribution in [-0.4, -0.2) is 17.4 Å². The highest BCUT2D eigenvalue weighted by molar-refractivity contribution is 9.09. The molecule has 0 aromatic carbocycles. The van der Waals surface area contributed by atoms with Crippen molar-refractivity contribution in [1.29, 1.82) is 0 Å². The fourth-order valence-corrected chi connectivity index (χ4v) is 4.04. The SMILES string of the molecule is CC.CC.CC.CCCCCCCC(CCCCCCC)OC(=O)C(C)(C)CCCCCCBr. The van der Waals surface area contributed by atoms with Crippen LogP contribution in [0.4, 0.5) is 0 Å². The van der Waals surface area contributed by atoms with Gasteiger partial charge in [-0.3, -0.25) is 4.79 Å². The van der Waals surface area contributed by atoms with Gasteiger partial charge in [0.15, 0.2) is 0 Å². The fraction of sp³-hybridized carbons (Fsp3) is 0.968. The summed E-state index contributed by atoms with van der Waals surface area (Å²) in [6.07, 6.45) is 20.7. The average Bonchev–Trinajstić information content (AvgIpc) is 2.87. The molecule has 34 heavy (non-hydrogen) atoms. The number of rotatable bonds is 20. The first-order valence-corrected chi connectivity index (χ1v) is 16.4. The lowest BCUT2D eigenvalue weighted by Gasteiger charge is -2.27. The topological polar surface area (TPSA) is 26.3 Å². The minimum Gasteiger partial charge on any atom is -0.462 e. The molecule has 3 heteroatoms. The first-order chi connectivity index (χ1) is 16.5. The molecule has 0 saturated carbocycles. The maximum atomic E-state index is 12.8. The lowest BCUT2D eigenvalue weighted by Crippen LogP contribution is -2.31. The van der Waals surface area contributed by atoms with Crippen molar-refractivity contribution in [2.24, 2.45) is 5.41 Å². The van der Waals surface area contributed by atoms with E-state index in [0.717, 1.165) is 31.0 Å². The lowest BCUT2D eigenvalue weighted by molar-refractivity contribution is -0.161. The summed E-state index contributed by atoms with van der Waals surface area (Å²) in [6, 6.07) is 0. The van der Waals surface area contributed by atoms with Crippen LogP contribution in [0, 0.1) is 5.41 Å². The van der Waals surface area contributed by atoms with Crippen LogP contribution in [0.2, 0.25) is 0 Å². The average molecular weight is 552 g/mol. The van der Waals surface area contributed by atoms with Crippen LogP contribution < -0.4 is 0 Å². The molecule has 0 aliphatic carbocycles. The van der Waals surface area contributed by atoms with Gasteiger partial charge in [-0.1, -0.05) is 142 Å². The summed E-state index contributed by atoms with van der Waals surface area (Å²) < 4.78 is 6.06. The van der Waals surface area contributed by atoms with Crippen LogP contribution in [0.3, 0.4) is 0 Å². The molecule has 0 amide bonds. The zero-order valence-corrected chi connectivity index (χ0v) is 27.1. The third kappa shape index (κ3) is 30.0. The molecule has 0 bridgehead atoms. The number of hydrogen-bond acceptors (Lipinski definition) is 2. The van der Waals surface area contributed by atoms with Gasteiger partial charge >= 0.3 is 5.97 Å². The van der Waals surface area contributed by atoms with Crippen LogP contribution in [-0.2, 0) is 9.53 Å². The maximum absolute atomic E-state index is 12.8. The molecule has 0 spiro atoms. The molecule has 0 aliphatic rings. The number of unbranched alkanes of at least 4 members (excludes halogenated alkanes) is 11. The molecular formula is C31H67BrO2. The number of alkyl halides is 1. The van der Waals surface area contributed by atoms with Crippen molar-refractivity contribution in [2.75, 3.05) is 5.33 Å². The first-order valence-electron chi connectivity index (χ1n) is 15.2. The van der Waals surface area contributed by atoms with Crippen molar-refractivity contribution in [3.8, 4) is 0 Å². The number of esters is 1. The summed E-state index contributed by atoms with van der Waals surface area (Å²) in [5.74, 6) is 0.0279. The second kappa shape index (κ2) is 35.1. The molecule has 0 aromatic rings. The van der Waals surface area contributed by atoms with Gasteiger partial charge in [0.1, 0.15) is 6.10 Å². The van der Waals surface area contributed by atoms with Gasteiger partial charge in [-0.25, -0.2) is 0 Å². The van der Waals surface area contributed by atoms with Crippen LogP contribution in [0.15, 0.2) is 0 Å². The monoisotopic (exact) mass is 550 g/mol. The van der Waals surface area contributed by atoms with Crippen molar-refractivity contribution < 1.29 is 9.53 Å². The normalized spacial score (nSPS) is 10.4.